The van der Waals surface area contributed by atoms with Gasteiger partial charge in [0.25, 0.3) is 0 Å². The molecule has 0 radical (unpaired) electrons. The minimum Gasteiger partial charge on any atom is -0.496 e. The fourth-order valence-electron chi connectivity index (χ4n) is 1.87. The predicted molar refractivity (Wildman–Crippen MR) is 79.8 cm³/mol. The molecule has 1 unspecified atom stereocenters. The van der Waals surface area contributed by atoms with Gasteiger partial charge < -0.3 is 4.74 Å². The van der Waals surface area contributed by atoms with Crippen LogP contribution in [-0.4, -0.2) is 7.11 Å². The second kappa shape index (κ2) is 6.28. The standard InChI is InChI=1S/C15H11BrClF3O/c1-21-13-7-4-10(8-12(13)16)14(17)9-2-5-11(6-3-9)15(18,19)20/h2-8,14H,1H3. The lowest BCUT2D eigenvalue weighted by atomic mass is 10.0. The van der Waals surface area contributed by atoms with E-state index in [1.54, 1.807) is 25.3 Å². The maximum Gasteiger partial charge on any atom is 0.416 e. The average molecular weight is 380 g/mol. The molecule has 0 aliphatic carbocycles. The summed E-state index contributed by atoms with van der Waals surface area (Å²) in [5.41, 5.74) is 0.678. The normalized spacial score (nSPS) is 13.0. The molecule has 0 spiro atoms. The molecule has 0 aliphatic rings. The first kappa shape index (κ1) is 16.2. The highest BCUT2D eigenvalue weighted by atomic mass is 79.9. The second-order valence-electron chi connectivity index (χ2n) is 4.38. The van der Waals surface area contributed by atoms with Crippen molar-refractivity contribution in [1.82, 2.24) is 0 Å². The number of benzene rings is 2. The Morgan fingerprint density at radius 1 is 1.05 bits per heavy atom. The van der Waals surface area contributed by atoms with Crippen LogP contribution in [-0.2, 0) is 6.18 Å². The Morgan fingerprint density at radius 2 is 1.62 bits per heavy atom. The van der Waals surface area contributed by atoms with Crippen molar-refractivity contribution < 1.29 is 17.9 Å². The number of halogens is 5. The molecule has 6 heteroatoms. The molecule has 0 saturated carbocycles. The first-order chi connectivity index (χ1) is 9.82. The monoisotopic (exact) mass is 378 g/mol. The van der Waals surface area contributed by atoms with Gasteiger partial charge in [0.05, 0.1) is 22.5 Å². The van der Waals surface area contributed by atoms with Gasteiger partial charge in [-0.2, -0.15) is 13.2 Å². The minimum absolute atomic E-state index is 0.533. The molecule has 2 aromatic carbocycles. The Balaban J connectivity index is 2.27. The van der Waals surface area contributed by atoms with Gasteiger partial charge in [-0.1, -0.05) is 18.2 Å². The molecular formula is C15H11BrClF3O. The van der Waals surface area contributed by atoms with Crippen molar-refractivity contribution in [3.8, 4) is 5.75 Å². The van der Waals surface area contributed by atoms with E-state index < -0.39 is 17.1 Å². The van der Waals surface area contributed by atoms with Gasteiger partial charge in [-0.05, 0) is 51.3 Å². The lowest BCUT2D eigenvalue weighted by molar-refractivity contribution is -0.137. The summed E-state index contributed by atoms with van der Waals surface area (Å²) in [5, 5.41) is -0.533. The number of ether oxygens (including phenoxy) is 1. The Morgan fingerprint density at radius 3 is 2.10 bits per heavy atom. The molecule has 0 amide bonds. The van der Waals surface area contributed by atoms with Crippen LogP contribution in [0.1, 0.15) is 22.1 Å². The molecule has 0 aromatic heterocycles. The molecule has 0 N–H and O–H groups in total. The van der Waals surface area contributed by atoms with E-state index >= 15 is 0 Å². The molecule has 0 heterocycles. The van der Waals surface area contributed by atoms with Crippen LogP contribution < -0.4 is 4.74 Å². The largest absolute Gasteiger partial charge is 0.496 e. The maximum absolute atomic E-state index is 12.5. The van der Waals surface area contributed by atoms with Gasteiger partial charge in [0.2, 0.25) is 0 Å². The molecule has 2 aromatic rings. The van der Waals surface area contributed by atoms with Crippen LogP contribution in [0.2, 0.25) is 0 Å². The number of hydrogen-bond acceptors (Lipinski definition) is 1. The van der Waals surface area contributed by atoms with E-state index in [1.807, 2.05) is 0 Å². The van der Waals surface area contributed by atoms with E-state index in [4.69, 9.17) is 16.3 Å². The van der Waals surface area contributed by atoms with E-state index in [2.05, 4.69) is 15.9 Å². The summed E-state index contributed by atoms with van der Waals surface area (Å²) in [5.74, 6) is 0.662. The zero-order valence-electron chi connectivity index (χ0n) is 10.9. The molecule has 112 valence electrons. The van der Waals surface area contributed by atoms with Gasteiger partial charge in [-0.25, -0.2) is 0 Å². The molecule has 0 fully saturated rings. The molecular weight excluding hydrogens is 369 g/mol. The molecule has 0 bridgehead atoms. The topological polar surface area (TPSA) is 9.23 Å². The van der Waals surface area contributed by atoms with Crippen molar-refractivity contribution in [2.45, 2.75) is 11.6 Å². The first-order valence-electron chi connectivity index (χ1n) is 5.97. The van der Waals surface area contributed by atoms with Crippen molar-refractivity contribution >= 4 is 27.5 Å². The van der Waals surface area contributed by atoms with E-state index in [-0.39, 0.29) is 0 Å². The summed E-state index contributed by atoms with van der Waals surface area (Å²) in [6, 6.07) is 10.1. The second-order valence-corrected chi connectivity index (χ2v) is 5.67. The smallest absolute Gasteiger partial charge is 0.416 e. The summed E-state index contributed by atoms with van der Waals surface area (Å²) in [6.07, 6.45) is -4.34. The Labute approximate surface area is 133 Å². The van der Waals surface area contributed by atoms with Crippen LogP contribution in [0.15, 0.2) is 46.9 Å². The lowest BCUT2D eigenvalue weighted by Gasteiger charge is -2.13. The van der Waals surface area contributed by atoms with Crippen LogP contribution in [0.4, 0.5) is 13.2 Å². The van der Waals surface area contributed by atoms with Gasteiger partial charge >= 0.3 is 6.18 Å². The Bertz CT molecular complexity index is 626. The SMILES string of the molecule is COc1ccc(C(Cl)c2ccc(C(F)(F)F)cc2)cc1Br. The third kappa shape index (κ3) is 3.71. The number of rotatable bonds is 3. The molecule has 2 rings (SSSR count). The summed E-state index contributed by atoms with van der Waals surface area (Å²) in [6.45, 7) is 0. The van der Waals surface area contributed by atoms with E-state index in [9.17, 15) is 13.2 Å². The van der Waals surface area contributed by atoms with Crippen LogP contribution in [0.3, 0.4) is 0 Å². The molecule has 0 saturated heterocycles. The van der Waals surface area contributed by atoms with Gasteiger partial charge in [0.1, 0.15) is 5.75 Å². The van der Waals surface area contributed by atoms with E-state index in [1.165, 1.54) is 12.1 Å². The van der Waals surface area contributed by atoms with Gasteiger partial charge in [-0.3, -0.25) is 0 Å². The van der Waals surface area contributed by atoms with Crippen molar-refractivity contribution in [2.75, 3.05) is 7.11 Å². The fraction of sp³-hybridized carbons (Fsp3) is 0.200. The summed E-state index contributed by atoms with van der Waals surface area (Å²) in [4.78, 5) is 0. The highest BCUT2D eigenvalue weighted by Crippen LogP contribution is 2.35. The van der Waals surface area contributed by atoms with E-state index in [0.717, 1.165) is 22.2 Å². The summed E-state index contributed by atoms with van der Waals surface area (Å²) < 4.78 is 43.4. The lowest BCUT2D eigenvalue weighted by Crippen LogP contribution is -2.05. The maximum atomic E-state index is 12.5. The van der Waals surface area contributed by atoms with E-state index in [0.29, 0.717) is 11.3 Å². The first-order valence-corrected chi connectivity index (χ1v) is 7.20. The predicted octanol–water partition coefficient (Wildman–Crippen LogP) is 5.80. The van der Waals surface area contributed by atoms with Crippen LogP contribution in [0.25, 0.3) is 0 Å². The summed E-state index contributed by atoms with van der Waals surface area (Å²) >= 11 is 9.68. The van der Waals surface area contributed by atoms with Crippen molar-refractivity contribution in [3.05, 3.63) is 63.6 Å². The Hall–Kier alpha value is -1.20. The average Bonchev–Trinajstić information content (AvgIpc) is 2.45. The zero-order valence-corrected chi connectivity index (χ0v) is 13.3. The quantitative estimate of drug-likeness (QED) is 0.612. The fourth-order valence-corrected chi connectivity index (χ4v) is 2.71. The third-order valence-corrected chi connectivity index (χ3v) is 4.12. The van der Waals surface area contributed by atoms with Crippen LogP contribution in [0.5, 0.6) is 5.75 Å². The zero-order chi connectivity index (χ0) is 15.6. The van der Waals surface area contributed by atoms with Gasteiger partial charge in [0, 0.05) is 0 Å². The van der Waals surface area contributed by atoms with Crippen molar-refractivity contribution in [3.63, 3.8) is 0 Å². The number of hydrogen-bond donors (Lipinski definition) is 0. The van der Waals surface area contributed by atoms with Gasteiger partial charge in [0.15, 0.2) is 0 Å². The molecule has 0 aliphatic heterocycles. The molecule has 21 heavy (non-hydrogen) atoms. The highest BCUT2D eigenvalue weighted by molar-refractivity contribution is 9.10. The minimum atomic E-state index is -4.34. The number of methoxy groups -OCH3 is 1. The van der Waals surface area contributed by atoms with Gasteiger partial charge in [-0.15, -0.1) is 11.6 Å². The third-order valence-electron chi connectivity index (χ3n) is 3.00. The Kier molecular flexibility index (Phi) is 4.84. The number of alkyl halides is 4. The molecule has 1 nitrogen and oxygen atoms in total. The van der Waals surface area contributed by atoms with Crippen LogP contribution in [0, 0.1) is 0 Å². The highest BCUT2D eigenvalue weighted by Gasteiger charge is 2.30. The van der Waals surface area contributed by atoms with Crippen molar-refractivity contribution in [2.24, 2.45) is 0 Å². The van der Waals surface area contributed by atoms with Crippen molar-refractivity contribution in [1.29, 1.82) is 0 Å². The summed E-state index contributed by atoms with van der Waals surface area (Å²) in [7, 11) is 1.55. The molecule has 1 atom stereocenters. The van der Waals surface area contributed by atoms with Crippen LogP contribution >= 0.6 is 27.5 Å².